The molecule has 0 N–H and O–H groups in total. The van der Waals surface area contributed by atoms with E-state index in [2.05, 4.69) is 185 Å². The lowest BCUT2D eigenvalue weighted by Crippen LogP contribution is -2.10. The van der Waals surface area contributed by atoms with Gasteiger partial charge in [0.05, 0.1) is 11.0 Å². The number of hydrogen-bond acceptors (Lipinski definition) is 3. The molecule has 11 rings (SSSR count). The minimum absolute atomic E-state index is 0.615. The molecular weight excluding hydrogens is 695 g/mol. The maximum absolute atomic E-state index is 6.51. The Morgan fingerprint density at radius 3 is 1.84 bits per heavy atom. The van der Waals surface area contributed by atoms with Gasteiger partial charge in [-0.15, -0.1) is 0 Å². The van der Waals surface area contributed by atoms with Crippen LogP contribution in [0.2, 0.25) is 0 Å². The standard InChI is InChI=1S/C53H35N3O/c1-4-15-36(16-5-1)39-20-12-24-42(33-39)55(43-25-13-21-40(34-43)46-27-14-28-49-52(46)57-53(54-49)38-18-6-2-7-19-38)44-30-32-50-48(35-44)47-31-29-37-17-10-11-26-45(37)51(47)56(50)41-22-8-3-9-23-41/h1-35H. The van der Waals surface area contributed by atoms with E-state index in [1.807, 2.05) is 36.4 Å². The second kappa shape index (κ2) is 13.6. The largest absolute Gasteiger partial charge is 0.435 e. The fourth-order valence-corrected chi connectivity index (χ4v) is 8.35. The number of oxazole rings is 1. The fourth-order valence-electron chi connectivity index (χ4n) is 8.35. The van der Waals surface area contributed by atoms with Crippen molar-refractivity contribution in [2.24, 2.45) is 0 Å². The summed E-state index contributed by atoms with van der Waals surface area (Å²) in [4.78, 5) is 7.25. The lowest BCUT2D eigenvalue weighted by Gasteiger charge is -2.27. The molecule has 4 heteroatoms. The molecule has 9 aromatic carbocycles. The predicted octanol–water partition coefficient (Wildman–Crippen LogP) is 14.5. The number of anilines is 3. The highest BCUT2D eigenvalue weighted by Crippen LogP contribution is 2.43. The maximum atomic E-state index is 6.51. The molecular formula is C53H35N3O. The third kappa shape index (κ3) is 5.66. The van der Waals surface area contributed by atoms with Crippen molar-refractivity contribution < 1.29 is 4.42 Å². The molecule has 0 radical (unpaired) electrons. The summed E-state index contributed by atoms with van der Waals surface area (Å²) in [5, 5.41) is 4.86. The van der Waals surface area contributed by atoms with Gasteiger partial charge in [0.2, 0.25) is 5.89 Å². The Morgan fingerprint density at radius 2 is 1.05 bits per heavy atom. The van der Waals surface area contributed by atoms with Crippen molar-refractivity contribution in [3.05, 3.63) is 212 Å². The van der Waals surface area contributed by atoms with E-state index in [1.54, 1.807) is 0 Å². The van der Waals surface area contributed by atoms with Crippen molar-refractivity contribution in [1.82, 2.24) is 9.55 Å². The van der Waals surface area contributed by atoms with Gasteiger partial charge in [0.15, 0.2) is 5.58 Å². The molecule has 268 valence electrons. The van der Waals surface area contributed by atoms with Crippen molar-refractivity contribution >= 4 is 60.7 Å². The molecule has 0 saturated heterocycles. The van der Waals surface area contributed by atoms with E-state index in [9.17, 15) is 0 Å². The van der Waals surface area contributed by atoms with E-state index in [4.69, 9.17) is 9.40 Å². The van der Waals surface area contributed by atoms with E-state index in [0.717, 1.165) is 61.6 Å². The number of nitrogens with zero attached hydrogens (tertiary/aromatic N) is 3. The molecule has 0 spiro atoms. The minimum atomic E-state index is 0.615. The van der Waals surface area contributed by atoms with Crippen molar-refractivity contribution in [1.29, 1.82) is 0 Å². The van der Waals surface area contributed by atoms with Crippen LogP contribution < -0.4 is 4.90 Å². The number of aromatic nitrogens is 2. The van der Waals surface area contributed by atoms with Crippen LogP contribution in [0, 0.1) is 0 Å². The molecule has 0 saturated carbocycles. The first-order chi connectivity index (χ1) is 28.3. The van der Waals surface area contributed by atoms with Crippen LogP contribution in [0.25, 0.3) is 83.1 Å². The van der Waals surface area contributed by atoms with Crippen LogP contribution in [0.1, 0.15) is 0 Å². The van der Waals surface area contributed by atoms with E-state index in [0.29, 0.717) is 5.89 Å². The van der Waals surface area contributed by atoms with Gasteiger partial charge in [-0.3, -0.25) is 0 Å². The van der Waals surface area contributed by atoms with Gasteiger partial charge in [-0.05, 0) is 94.9 Å². The highest BCUT2D eigenvalue weighted by Gasteiger charge is 2.20. The highest BCUT2D eigenvalue weighted by atomic mass is 16.3. The Kier molecular flexibility index (Phi) is 7.78. The second-order valence-corrected chi connectivity index (χ2v) is 14.4. The van der Waals surface area contributed by atoms with Gasteiger partial charge in [-0.2, -0.15) is 0 Å². The van der Waals surface area contributed by atoms with Crippen molar-refractivity contribution in [3.8, 4) is 39.4 Å². The van der Waals surface area contributed by atoms with Crippen LogP contribution in [-0.4, -0.2) is 9.55 Å². The molecule has 4 nitrogen and oxygen atoms in total. The fraction of sp³-hybridized carbons (Fsp3) is 0. The first-order valence-electron chi connectivity index (χ1n) is 19.3. The third-order valence-electron chi connectivity index (χ3n) is 11.0. The van der Waals surface area contributed by atoms with Crippen molar-refractivity contribution in [2.45, 2.75) is 0 Å². The van der Waals surface area contributed by atoms with Gasteiger partial charge < -0.3 is 13.9 Å². The van der Waals surface area contributed by atoms with Crippen LogP contribution in [0.5, 0.6) is 0 Å². The van der Waals surface area contributed by atoms with Gasteiger partial charge in [0, 0.05) is 50.0 Å². The van der Waals surface area contributed by atoms with E-state index in [-0.39, 0.29) is 0 Å². The topological polar surface area (TPSA) is 34.2 Å². The Hall–Kier alpha value is -7.69. The number of fused-ring (bicyclic) bond motifs is 6. The van der Waals surface area contributed by atoms with E-state index in [1.165, 1.54) is 32.6 Å². The second-order valence-electron chi connectivity index (χ2n) is 14.4. The molecule has 2 heterocycles. The molecule has 0 unspecified atom stereocenters. The highest BCUT2D eigenvalue weighted by molar-refractivity contribution is 6.19. The Balaban J connectivity index is 1.13. The van der Waals surface area contributed by atoms with Crippen LogP contribution in [0.4, 0.5) is 17.1 Å². The van der Waals surface area contributed by atoms with E-state index >= 15 is 0 Å². The number of para-hydroxylation sites is 2. The van der Waals surface area contributed by atoms with Crippen LogP contribution >= 0.6 is 0 Å². The zero-order valence-corrected chi connectivity index (χ0v) is 31.0. The molecule has 0 bridgehead atoms. The molecule has 0 aliphatic heterocycles. The summed E-state index contributed by atoms with van der Waals surface area (Å²) >= 11 is 0. The Bertz CT molecular complexity index is 3240. The van der Waals surface area contributed by atoms with Crippen LogP contribution in [0.15, 0.2) is 217 Å². The predicted molar refractivity (Wildman–Crippen MR) is 237 cm³/mol. The number of hydrogen-bond donors (Lipinski definition) is 0. The molecule has 0 aliphatic rings. The SMILES string of the molecule is c1ccc(-c2cccc(N(c3cccc(-c4cccc5nc(-c6ccccc6)oc45)c3)c3ccc4c(c3)c3ccc5ccccc5c3n4-c3ccccc3)c2)cc1. The average Bonchev–Trinajstić information content (AvgIpc) is 3.88. The minimum Gasteiger partial charge on any atom is -0.435 e. The molecule has 0 aliphatic carbocycles. The summed E-state index contributed by atoms with van der Waals surface area (Å²) < 4.78 is 8.92. The third-order valence-corrected chi connectivity index (χ3v) is 11.0. The van der Waals surface area contributed by atoms with E-state index < -0.39 is 0 Å². The van der Waals surface area contributed by atoms with Crippen LogP contribution in [-0.2, 0) is 0 Å². The summed E-state index contributed by atoms with van der Waals surface area (Å²) in [5.74, 6) is 0.615. The van der Waals surface area contributed by atoms with Gasteiger partial charge in [0.25, 0.3) is 0 Å². The molecule has 57 heavy (non-hydrogen) atoms. The molecule has 0 amide bonds. The molecule has 11 aromatic rings. The molecule has 0 fully saturated rings. The summed E-state index contributed by atoms with van der Waals surface area (Å²) in [6, 6.07) is 75.3. The summed E-state index contributed by atoms with van der Waals surface area (Å²) in [5.41, 5.74) is 13.6. The number of benzene rings is 9. The number of rotatable bonds is 7. The maximum Gasteiger partial charge on any atom is 0.227 e. The molecule has 2 aromatic heterocycles. The first-order valence-corrected chi connectivity index (χ1v) is 19.3. The lowest BCUT2D eigenvalue weighted by molar-refractivity contribution is 0.621. The van der Waals surface area contributed by atoms with Gasteiger partial charge in [-0.1, -0.05) is 140 Å². The average molecular weight is 730 g/mol. The quantitative estimate of drug-likeness (QED) is 0.164. The van der Waals surface area contributed by atoms with Crippen LogP contribution in [0.3, 0.4) is 0 Å². The Morgan fingerprint density at radius 1 is 0.421 bits per heavy atom. The summed E-state index contributed by atoms with van der Waals surface area (Å²) in [7, 11) is 0. The van der Waals surface area contributed by atoms with Gasteiger partial charge in [0.1, 0.15) is 5.52 Å². The smallest absolute Gasteiger partial charge is 0.227 e. The van der Waals surface area contributed by atoms with Gasteiger partial charge >= 0.3 is 0 Å². The summed E-state index contributed by atoms with van der Waals surface area (Å²) in [6.07, 6.45) is 0. The zero-order chi connectivity index (χ0) is 37.7. The van der Waals surface area contributed by atoms with Crippen molar-refractivity contribution in [3.63, 3.8) is 0 Å². The lowest BCUT2D eigenvalue weighted by atomic mass is 10.0. The van der Waals surface area contributed by atoms with Gasteiger partial charge in [-0.25, -0.2) is 4.98 Å². The normalized spacial score (nSPS) is 11.5. The van der Waals surface area contributed by atoms with Crippen molar-refractivity contribution in [2.75, 3.05) is 4.90 Å². The monoisotopic (exact) mass is 729 g/mol. The molecule has 0 atom stereocenters. The Labute approximate surface area is 330 Å². The first kappa shape index (κ1) is 32.7. The summed E-state index contributed by atoms with van der Waals surface area (Å²) in [6.45, 7) is 0. The zero-order valence-electron chi connectivity index (χ0n) is 31.0.